The first-order chi connectivity index (χ1) is 9.10. The summed E-state index contributed by atoms with van der Waals surface area (Å²) in [5.74, 6) is -0.894. The number of aryl methyl sites for hydroxylation is 1. The van der Waals surface area contributed by atoms with Crippen molar-refractivity contribution in [2.24, 2.45) is 5.73 Å². The van der Waals surface area contributed by atoms with Gasteiger partial charge in [0.1, 0.15) is 0 Å². The lowest BCUT2D eigenvalue weighted by atomic mass is 10.1. The van der Waals surface area contributed by atoms with E-state index in [1.165, 1.54) is 23.4 Å². The van der Waals surface area contributed by atoms with Gasteiger partial charge < -0.3 is 5.73 Å². The topological polar surface area (TPSA) is 26.0 Å². The predicted octanol–water partition coefficient (Wildman–Crippen LogP) is 4.02. The van der Waals surface area contributed by atoms with Gasteiger partial charge in [0, 0.05) is 17.2 Å². The van der Waals surface area contributed by atoms with E-state index in [4.69, 9.17) is 5.73 Å². The molecule has 1 nitrogen and oxygen atoms in total. The van der Waals surface area contributed by atoms with Gasteiger partial charge in [0.2, 0.25) is 0 Å². The third-order valence-electron chi connectivity index (χ3n) is 2.93. The molecule has 0 spiro atoms. The molecule has 4 heteroatoms. The van der Waals surface area contributed by atoms with Crippen LogP contribution in [-0.4, -0.2) is 0 Å². The summed E-state index contributed by atoms with van der Waals surface area (Å²) in [7, 11) is 0. The highest BCUT2D eigenvalue weighted by Gasteiger charge is 2.05. The van der Waals surface area contributed by atoms with Crippen LogP contribution in [0, 0.1) is 18.6 Å². The lowest BCUT2D eigenvalue weighted by Gasteiger charge is -2.08. The van der Waals surface area contributed by atoms with E-state index in [9.17, 15) is 8.78 Å². The third-order valence-corrected chi connectivity index (χ3v) is 3.97. The van der Waals surface area contributed by atoms with Crippen molar-refractivity contribution in [3.63, 3.8) is 0 Å². The first-order valence-corrected chi connectivity index (χ1v) is 6.95. The van der Waals surface area contributed by atoms with Gasteiger partial charge in [-0.15, -0.1) is 11.8 Å². The number of rotatable bonds is 4. The van der Waals surface area contributed by atoms with Crippen molar-refractivity contribution >= 4 is 11.8 Å². The van der Waals surface area contributed by atoms with Gasteiger partial charge in [0.25, 0.3) is 0 Å². The fourth-order valence-electron chi connectivity index (χ4n) is 1.77. The SMILES string of the molecule is Cc1cc(CN)ccc1CSc1ccc(F)c(F)c1. The van der Waals surface area contributed by atoms with Gasteiger partial charge in [-0.05, 0) is 41.8 Å². The molecule has 0 saturated carbocycles. The van der Waals surface area contributed by atoms with Crippen molar-refractivity contribution in [3.05, 3.63) is 64.7 Å². The molecule has 0 fully saturated rings. The maximum absolute atomic E-state index is 13.1. The van der Waals surface area contributed by atoms with Crippen molar-refractivity contribution in [2.45, 2.75) is 24.1 Å². The number of hydrogen-bond acceptors (Lipinski definition) is 2. The van der Waals surface area contributed by atoms with Crippen molar-refractivity contribution in [2.75, 3.05) is 0 Å². The van der Waals surface area contributed by atoms with Gasteiger partial charge in [-0.3, -0.25) is 0 Å². The van der Waals surface area contributed by atoms with Crippen LogP contribution in [0.2, 0.25) is 0 Å². The van der Waals surface area contributed by atoms with E-state index in [2.05, 4.69) is 6.07 Å². The molecule has 0 radical (unpaired) electrons. The summed E-state index contributed by atoms with van der Waals surface area (Å²) in [6, 6.07) is 10.1. The number of halogens is 2. The summed E-state index contributed by atoms with van der Waals surface area (Å²) in [4.78, 5) is 0.723. The minimum Gasteiger partial charge on any atom is -0.326 e. The molecule has 2 rings (SSSR count). The van der Waals surface area contributed by atoms with Crippen LogP contribution in [0.25, 0.3) is 0 Å². The summed E-state index contributed by atoms with van der Waals surface area (Å²) in [5.41, 5.74) is 9.02. The van der Waals surface area contributed by atoms with Gasteiger partial charge in [0.05, 0.1) is 0 Å². The van der Waals surface area contributed by atoms with E-state index in [0.29, 0.717) is 6.54 Å². The highest BCUT2D eigenvalue weighted by molar-refractivity contribution is 7.98. The average molecular weight is 279 g/mol. The Kier molecular flexibility index (Phi) is 4.56. The van der Waals surface area contributed by atoms with Crippen molar-refractivity contribution in [1.29, 1.82) is 0 Å². The molecule has 0 aliphatic rings. The second kappa shape index (κ2) is 6.17. The van der Waals surface area contributed by atoms with E-state index >= 15 is 0 Å². The molecule has 0 amide bonds. The molecule has 0 aromatic heterocycles. The standard InChI is InChI=1S/C15H15F2NS/c1-10-6-11(8-18)2-3-12(10)9-19-13-4-5-14(16)15(17)7-13/h2-7H,8-9,18H2,1H3. The Bertz CT molecular complexity index is 584. The van der Waals surface area contributed by atoms with Gasteiger partial charge >= 0.3 is 0 Å². The van der Waals surface area contributed by atoms with Crippen LogP contribution in [0.4, 0.5) is 8.78 Å². The molecule has 0 bridgehead atoms. The normalized spacial score (nSPS) is 10.7. The zero-order valence-corrected chi connectivity index (χ0v) is 11.4. The molecule has 0 aliphatic heterocycles. The zero-order chi connectivity index (χ0) is 13.8. The largest absolute Gasteiger partial charge is 0.326 e. The molecule has 0 atom stereocenters. The highest BCUT2D eigenvalue weighted by atomic mass is 32.2. The van der Waals surface area contributed by atoms with E-state index < -0.39 is 11.6 Å². The molecule has 100 valence electrons. The molecular formula is C15H15F2NS. The molecule has 19 heavy (non-hydrogen) atoms. The van der Waals surface area contributed by atoms with E-state index in [0.717, 1.165) is 27.8 Å². The highest BCUT2D eigenvalue weighted by Crippen LogP contribution is 2.26. The van der Waals surface area contributed by atoms with E-state index in [-0.39, 0.29) is 0 Å². The average Bonchev–Trinajstić information content (AvgIpc) is 2.41. The molecule has 2 N–H and O–H groups in total. The number of benzene rings is 2. The van der Waals surface area contributed by atoms with Crippen LogP contribution in [-0.2, 0) is 12.3 Å². The molecular weight excluding hydrogens is 264 g/mol. The Hall–Kier alpha value is -1.39. The number of thioether (sulfide) groups is 1. The number of hydrogen-bond donors (Lipinski definition) is 1. The quantitative estimate of drug-likeness (QED) is 0.855. The predicted molar refractivity (Wildman–Crippen MR) is 75.0 cm³/mol. The molecule has 2 aromatic carbocycles. The first kappa shape index (κ1) is 14.0. The monoisotopic (exact) mass is 279 g/mol. The molecule has 0 heterocycles. The van der Waals surface area contributed by atoms with Crippen molar-refractivity contribution < 1.29 is 8.78 Å². The molecule has 0 saturated heterocycles. The summed E-state index contributed by atoms with van der Waals surface area (Å²) in [6.45, 7) is 2.55. The summed E-state index contributed by atoms with van der Waals surface area (Å²) < 4.78 is 25.9. The fraction of sp³-hybridized carbons (Fsp3) is 0.200. The first-order valence-electron chi connectivity index (χ1n) is 5.96. The second-order valence-corrected chi connectivity index (χ2v) is 5.38. The van der Waals surface area contributed by atoms with Crippen molar-refractivity contribution in [3.8, 4) is 0 Å². The number of nitrogens with two attached hydrogens (primary N) is 1. The van der Waals surface area contributed by atoms with Crippen LogP contribution in [0.3, 0.4) is 0 Å². The van der Waals surface area contributed by atoms with Crippen LogP contribution in [0.5, 0.6) is 0 Å². The molecule has 2 aromatic rings. The smallest absolute Gasteiger partial charge is 0.159 e. The second-order valence-electron chi connectivity index (χ2n) is 4.33. The maximum atomic E-state index is 13.1. The Morgan fingerprint density at radius 2 is 1.84 bits per heavy atom. The van der Waals surface area contributed by atoms with Crippen LogP contribution < -0.4 is 5.73 Å². The summed E-state index contributed by atoms with van der Waals surface area (Å²) >= 11 is 1.49. The summed E-state index contributed by atoms with van der Waals surface area (Å²) in [5, 5.41) is 0. The summed E-state index contributed by atoms with van der Waals surface area (Å²) in [6.07, 6.45) is 0. The van der Waals surface area contributed by atoms with Crippen LogP contribution >= 0.6 is 11.8 Å². The Morgan fingerprint density at radius 1 is 1.05 bits per heavy atom. The van der Waals surface area contributed by atoms with E-state index in [1.807, 2.05) is 19.1 Å². The van der Waals surface area contributed by atoms with Crippen LogP contribution in [0.15, 0.2) is 41.3 Å². The van der Waals surface area contributed by atoms with Crippen LogP contribution in [0.1, 0.15) is 16.7 Å². The van der Waals surface area contributed by atoms with Gasteiger partial charge in [-0.2, -0.15) is 0 Å². The van der Waals surface area contributed by atoms with E-state index in [1.54, 1.807) is 6.07 Å². The maximum Gasteiger partial charge on any atom is 0.159 e. The zero-order valence-electron chi connectivity index (χ0n) is 10.6. The Labute approximate surface area is 115 Å². The Balaban J connectivity index is 2.07. The van der Waals surface area contributed by atoms with Gasteiger partial charge in [0.15, 0.2) is 11.6 Å². The molecule has 0 aliphatic carbocycles. The lowest BCUT2D eigenvalue weighted by Crippen LogP contribution is -1.97. The fourth-order valence-corrected chi connectivity index (χ4v) is 2.77. The minimum atomic E-state index is -0.812. The Morgan fingerprint density at radius 3 is 2.47 bits per heavy atom. The third kappa shape index (κ3) is 3.55. The van der Waals surface area contributed by atoms with Gasteiger partial charge in [-0.25, -0.2) is 8.78 Å². The minimum absolute atomic E-state index is 0.525. The lowest BCUT2D eigenvalue weighted by molar-refractivity contribution is 0.506. The molecule has 0 unspecified atom stereocenters. The van der Waals surface area contributed by atoms with Gasteiger partial charge in [-0.1, -0.05) is 18.2 Å². The van der Waals surface area contributed by atoms with Crippen molar-refractivity contribution in [1.82, 2.24) is 0 Å².